The van der Waals surface area contributed by atoms with E-state index < -0.39 is 21.3 Å². The van der Waals surface area contributed by atoms with Crippen molar-refractivity contribution in [3.63, 3.8) is 0 Å². The molecule has 0 aromatic heterocycles. The van der Waals surface area contributed by atoms with E-state index in [2.05, 4.69) is 150 Å². The summed E-state index contributed by atoms with van der Waals surface area (Å²) in [7, 11) is 0. The van der Waals surface area contributed by atoms with Crippen molar-refractivity contribution in [2.24, 2.45) is 11.3 Å². The standard InChI is InChI=1S/C17H13.C15H14.C10H15.2ClH.Zr/c1-3-12-5-7-14-11-15-8-6-13(4-2)10-17(15)16(14)9-12;1-3-8-14(9-4-1)12-7-13-15-10-5-2-6-11-15;1-8-5-6-9(7-8)10(2,3)4;;;/h3-11H,1-2H2;1-6,8-11H,12-13H2;6-8H,1-4H3;2*1H;/q;;;;;+2/p-2. The van der Waals surface area contributed by atoms with Crippen LogP contribution in [0.1, 0.15) is 64.7 Å². The number of hydrogen-bond acceptors (Lipinski definition) is 0. The van der Waals surface area contributed by atoms with Crippen molar-refractivity contribution in [2.45, 2.75) is 44.2 Å². The first kappa shape index (κ1) is 35.0. The number of allylic oxidation sites excluding steroid dienone is 4. The Morgan fingerprint density at radius 3 is 1.58 bits per heavy atom. The van der Waals surface area contributed by atoms with Crippen molar-refractivity contribution in [2.75, 3.05) is 0 Å². The van der Waals surface area contributed by atoms with Crippen LogP contribution in [0.25, 0.3) is 23.3 Å². The maximum Gasteiger partial charge on any atom is -1.00 e. The molecule has 0 amide bonds. The topological polar surface area (TPSA) is 0 Å². The van der Waals surface area contributed by atoms with E-state index in [1.165, 1.54) is 50.1 Å². The molecule has 0 saturated heterocycles. The molecule has 45 heavy (non-hydrogen) atoms. The summed E-state index contributed by atoms with van der Waals surface area (Å²) in [5.74, 6) is 0.456. The summed E-state index contributed by atoms with van der Waals surface area (Å²) in [5.41, 5.74) is 12.6. The van der Waals surface area contributed by atoms with Crippen molar-refractivity contribution in [1.82, 2.24) is 0 Å². The molecule has 6 rings (SSSR count). The van der Waals surface area contributed by atoms with Crippen molar-refractivity contribution in [1.29, 1.82) is 0 Å². The molecule has 228 valence electrons. The fraction of sp³-hybridized carbons (Fsp3) is 0.214. The molecule has 0 aliphatic heterocycles. The minimum Gasteiger partial charge on any atom is -1.00 e. The van der Waals surface area contributed by atoms with Gasteiger partial charge in [-0.05, 0) is 0 Å². The molecule has 1 atom stereocenters. The summed E-state index contributed by atoms with van der Waals surface area (Å²) < 4.78 is 3.93. The quantitative estimate of drug-likeness (QED) is 0.246. The van der Waals surface area contributed by atoms with E-state index in [0.717, 1.165) is 12.8 Å². The molecule has 0 saturated carbocycles. The summed E-state index contributed by atoms with van der Waals surface area (Å²) in [6.07, 6.45) is 11.2. The summed E-state index contributed by atoms with van der Waals surface area (Å²) in [6.45, 7) is 17.7. The van der Waals surface area contributed by atoms with Gasteiger partial charge < -0.3 is 24.8 Å². The van der Waals surface area contributed by atoms with Gasteiger partial charge in [0.05, 0.1) is 0 Å². The SMILES string of the molecule is C=Cc1ccc2c(c1)-c1cc(C=C)ccc1[CH]2[Zr+2]([C]1=CC(C(C)(C)C)=CC1C)=[C](Cc1ccccc1)Cc1ccccc1.[Cl-].[Cl-]. The van der Waals surface area contributed by atoms with Crippen LogP contribution >= 0.6 is 0 Å². The van der Waals surface area contributed by atoms with Crippen LogP contribution in [-0.4, -0.2) is 3.21 Å². The first-order chi connectivity index (χ1) is 20.8. The molecule has 0 heterocycles. The van der Waals surface area contributed by atoms with Gasteiger partial charge in [0.1, 0.15) is 0 Å². The van der Waals surface area contributed by atoms with Crippen LogP contribution in [0.3, 0.4) is 0 Å². The molecule has 0 spiro atoms. The molecule has 1 unspecified atom stereocenters. The smallest absolute Gasteiger partial charge is 1.00 e. The number of fused-ring (bicyclic) bond motifs is 3. The number of hydrogen-bond donors (Lipinski definition) is 0. The van der Waals surface area contributed by atoms with Crippen molar-refractivity contribution >= 4 is 15.4 Å². The minimum atomic E-state index is -2.67. The molecular weight excluding hydrogens is 667 g/mol. The van der Waals surface area contributed by atoms with Gasteiger partial charge >= 0.3 is 268 Å². The fourth-order valence-electron chi connectivity index (χ4n) is 6.86. The van der Waals surface area contributed by atoms with E-state index in [4.69, 9.17) is 0 Å². The molecule has 4 aromatic rings. The molecule has 2 aliphatic carbocycles. The maximum atomic E-state index is 4.10. The Morgan fingerprint density at radius 1 is 0.711 bits per heavy atom. The summed E-state index contributed by atoms with van der Waals surface area (Å²) in [4.78, 5) is 0. The largest absolute Gasteiger partial charge is 1.00 e. The van der Waals surface area contributed by atoms with Gasteiger partial charge in [-0.2, -0.15) is 0 Å². The molecule has 2 aliphatic rings. The van der Waals surface area contributed by atoms with Crippen molar-refractivity contribution in [3.8, 4) is 11.1 Å². The van der Waals surface area contributed by atoms with Gasteiger partial charge in [-0.25, -0.2) is 0 Å². The third-order valence-corrected chi connectivity index (χ3v) is 17.8. The van der Waals surface area contributed by atoms with Crippen molar-refractivity contribution < 1.29 is 46.1 Å². The van der Waals surface area contributed by atoms with Crippen LogP contribution in [-0.2, 0) is 34.1 Å². The van der Waals surface area contributed by atoms with Gasteiger partial charge in [0.15, 0.2) is 0 Å². The average Bonchev–Trinajstić information content (AvgIpc) is 3.56. The van der Waals surface area contributed by atoms with E-state index >= 15 is 0 Å². The van der Waals surface area contributed by atoms with E-state index in [-0.39, 0.29) is 30.2 Å². The monoisotopic (exact) mass is 706 g/mol. The molecule has 4 aromatic carbocycles. The molecule has 3 heteroatoms. The number of benzene rings is 4. The normalized spacial score (nSPS) is 14.9. The van der Waals surface area contributed by atoms with Gasteiger partial charge in [0, 0.05) is 0 Å². The molecule has 0 radical (unpaired) electrons. The summed E-state index contributed by atoms with van der Waals surface area (Å²) in [5, 5.41) is 0. The van der Waals surface area contributed by atoms with Gasteiger partial charge in [-0.1, -0.05) is 0 Å². The Labute approximate surface area is 290 Å². The predicted octanol–water partition coefficient (Wildman–Crippen LogP) is 4.83. The van der Waals surface area contributed by atoms with Gasteiger partial charge in [0.2, 0.25) is 0 Å². The van der Waals surface area contributed by atoms with Gasteiger partial charge in [0.25, 0.3) is 0 Å². The molecule has 0 fully saturated rings. The maximum absolute atomic E-state index is 4.10. The van der Waals surface area contributed by atoms with Crippen molar-refractivity contribution in [3.05, 3.63) is 165 Å². The Morgan fingerprint density at radius 2 is 1.18 bits per heavy atom. The zero-order valence-corrected chi connectivity index (χ0v) is 30.8. The second kappa shape index (κ2) is 14.7. The van der Waals surface area contributed by atoms with Crippen LogP contribution in [0, 0.1) is 11.3 Å². The molecule has 0 nitrogen and oxygen atoms in total. The first-order valence-corrected chi connectivity index (χ1v) is 19.4. The number of halogens is 2. The van der Waals surface area contributed by atoms with E-state index in [0.29, 0.717) is 9.54 Å². The van der Waals surface area contributed by atoms with E-state index in [1.54, 1.807) is 6.49 Å². The fourth-order valence-corrected chi connectivity index (χ4v) is 16.6. The van der Waals surface area contributed by atoms with Crippen LogP contribution in [0.4, 0.5) is 0 Å². The zero-order chi connectivity index (χ0) is 30.1. The number of rotatable bonds is 8. The van der Waals surface area contributed by atoms with E-state index in [1.807, 2.05) is 12.2 Å². The molecule has 0 N–H and O–H groups in total. The second-order valence-corrected chi connectivity index (χ2v) is 19.7. The van der Waals surface area contributed by atoms with Gasteiger partial charge in [-0.3, -0.25) is 0 Å². The van der Waals surface area contributed by atoms with Crippen LogP contribution < -0.4 is 24.8 Å². The summed E-state index contributed by atoms with van der Waals surface area (Å²) in [6, 6.07) is 36.5. The Hall–Kier alpha value is -2.83. The minimum absolute atomic E-state index is 0. The molecular formula is C42H42Cl2Zr. The average molecular weight is 709 g/mol. The van der Waals surface area contributed by atoms with Crippen LogP contribution in [0.2, 0.25) is 0 Å². The van der Waals surface area contributed by atoms with Gasteiger partial charge in [-0.15, -0.1) is 0 Å². The Balaban J connectivity index is 0.00000230. The first-order valence-electron chi connectivity index (χ1n) is 15.5. The zero-order valence-electron chi connectivity index (χ0n) is 26.8. The third-order valence-electron chi connectivity index (χ3n) is 9.14. The summed E-state index contributed by atoms with van der Waals surface area (Å²) >= 11 is -2.67. The van der Waals surface area contributed by atoms with E-state index in [9.17, 15) is 0 Å². The van der Waals surface area contributed by atoms with Crippen LogP contribution in [0.15, 0.2) is 131 Å². The van der Waals surface area contributed by atoms with Crippen LogP contribution in [0.5, 0.6) is 0 Å². The second-order valence-electron chi connectivity index (χ2n) is 13.1. The third kappa shape index (κ3) is 7.28. The Kier molecular flexibility index (Phi) is 11.5. The predicted molar refractivity (Wildman–Crippen MR) is 184 cm³/mol. The molecule has 0 bridgehead atoms. The Bertz CT molecular complexity index is 1680.